The molecule has 0 spiro atoms. The van der Waals surface area contributed by atoms with Crippen LogP contribution in [0.15, 0.2) is 35.9 Å². The Morgan fingerprint density at radius 3 is 2.62 bits per heavy atom. The van der Waals surface area contributed by atoms with Gasteiger partial charge in [-0.2, -0.15) is 12.6 Å². The van der Waals surface area contributed by atoms with Gasteiger partial charge in [-0.3, -0.25) is 14.9 Å². The van der Waals surface area contributed by atoms with Gasteiger partial charge in [0.25, 0.3) is 0 Å². The van der Waals surface area contributed by atoms with E-state index in [2.05, 4.69) is 17.9 Å². The largest absolute Gasteiger partial charge is 0.495 e. The number of alkyl carbamates (subject to hydrolysis) is 1. The van der Waals surface area contributed by atoms with Crippen molar-refractivity contribution in [3.8, 4) is 5.75 Å². The van der Waals surface area contributed by atoms with E-state index in [9.17, 15) is 24.3 Å². The lowest BCUT2D eigenvalue weighted by Crippen LogP contribution is -2.63. The van der Waals surface area contributed by atoms with Crippen molar-refractivity contribution in [2.75, 3.05) is 39.0 Å². The third-order valence-corrected chi connectivity index (χ3v) is 10.5. The van der Waals surface area contributed by atoms with Crippen LogP contribution in [0.1, 0.15) is 52.5 Å². The molecule has 3 aliphatic heterocycles. The van der Waals surface area contributed by atoms with Gasteiger partial charge in [0.2, 0.25) is 11.8 Å². The Hall–Kier alpha value is -3.30. The Morgan fingerprint density at radius 2 is 1.98 bits per heavy atom. The summed E-state index contributed by atoms with van der Waals surface area (Å²) in [6, 6.07) is 2.60. The number of nitrogens with one attached hydrogen (secondary N) is 1. The first-order valence-corrected chi connectivity index (χ1v) is 17.5. The first-order valence-electron chi connectivity index (χ1n) is 16.4. The number of epoxide rings is 1. The molecule has 13 nitrogen and oxygen atoms in total. The number of anilines is 1. The van der Waals surface area contributed by atoms with Crippen molar-refractivity contribution in [2.24, 2.45) is 5.92 Å². The SMILES string of the molecule is COc1cc2cc(c1Cl)N(C)C(=O)C[C@H](OC(=O)[C@H](C)N(C)C(=O)CCS)[C@]1(C)O[C@@H]1[C@H](C)[C@H]1C[C@@](O)(NC(=O)O1)[C@H](OC)/C=C/C=C(/C)C2. The van der Waals surface area contributed by atoms with E-state index in [0.29, 0.717) is 23.6 Å². The minimum Gasteiger partial charge on any atom is -0.495 e. The number of benzene rings is 1. The zero-order chi connectivity index (χ0) is 37.1. The summed E-state index contributed by atoms with van der Waals surface area (Å²) in [6.45, 7) is 6.96. The number of likely N-dealkylation sites (N-methyl/N-ethyl adjacent to an activating group) is 1. The van der Waals surface area contributed by atoms with Crippen LogP contribution in [0.5, 0.6) is 5.75 Å². The highest BCUT2D eigenvalue weighted by Crippen LogP contribution is 2.49. The fraction of sp³-hybridized carbons (Fsp3) is 0.600. The summed E-state index contributed by atoms with van der Waals surface area (Å²) in [5.74, 6) is -1.30. The number of carbonyl (C=O) groups is 4. The summed E-state index contributed by atoms with van der Waals surface area (Å²) >= 11 is 10.8. The van der Waals surface area contributed by atoms with Crippen LogP contribution in [0.2, 0.25) is 5.02 Å². The van der Waals surface area contributed by atoms with Crippen molar-refractivity contribution < 1.29 is 48.0 Å². The molecule has 50 heavy (non-hydrogen) atoms. The molecule has 3 aliphatic rings. The summed E-state index contributed by atoms with van der Waals surface area (Å²) < 4.78 is 29.0. The average Bonchev–Trinajstić information content (AvgIpc) is 3.76. The van der Waals surface area contributed by atoms with Crippen LogP contribution in [-0.4, -0.2) is 110 Å². The Kier molecular flexibility index (Phi) is 12.6. The van der Waals surface area contributed by atoms with Gasteiger partial charge in [-0.25, -0.2) is 9.59 Å². The van der Waals surface area contributed by atoms with Gasteiger partial charge >= 0.3 is 12.1 Å². The van der Waals surface area contributed by atoms with Crippen molar-refractivity contribution in [3.05, 3.63) is 46.5 Å². The molecule has 0 aromatic heterocycles. The molecule has 3 heterocycles. The molecule has 2 saturated heterocycles. The van der Waals surface area contributed by atoms with Crippen molar-refractivity contribution in [3.63, 3.8) is 0 Å². The van der Waals surface area contributed by atoms with Gasteiger partial charge in [0.05, 0.1) is 25.3 Å². The van der Waals surface area contributed by atoms with Crippen LogP contribution in [0.3, 0.4) is 0 Å². The summed E-state index contributed by atoms with van der Waals surface area (Å²) in [5, 5.41) is 14.4. The minimum atomic E-state index is -1.82. The average molecular weight is 738 g/mol. The zero-order valence-corrected chi connectivity index (χ0v) is 31.4. The number of hydrogen-bond donors (Lipinski definition) is 3. The van der Waals surface area contributed by atoms with E-state index < -0.39 is 65.7 Å². The number of nitrogens with zero attached hydrogens (tertiary/aromatic N) is 2. The topological polar surface area (TPSA) is 156 Å². The van der Waals surface area contributed by atoms with E-state index in [0.717, 1.165) is 11.1 Å². The van der Waals surface area contributed by atoms with E-state index in [4.69, 9.17) is 35.3 Å². The predicted octanol–water partition coefficient (Wildman–Crippen LogP) is 3.83. The first kappa shape index (κ1) is 39.5. The summed E-state index contributed by atoms with van der Waals surface area (Å²) in [6.07, 6.45) is 1.08. The molecular weight excluding hydrogens is 690 g/mol. The second-order valence-electron chi connectivity index (χ2n) is 13.4. The number of methoxy groups -OCH3 is 2. The predicted molar refractivity (Wildman–Crippen MR) is 189 cm³/mol. The molecule has 0 unspecified atom stereocenters. The highest BCUT2D eigenvalue weighted by Gasteiger charge is 2.64. The molecule has 1 aromatic carbocycles. The molecule has 0 saturated carbocycles. The van der Waals surface area contributed by atoms with E-state index in [-0.39, 0.29) is 30.2 Å². The second kappa shape index (κ2) is 15.9. The molecule has 4 bridgehead atoms. The van der Waals surface area contributed by atoms with Gasteiger partial charge in [-0.1, -0.05) is 42.3 Å². The van der Waals surface area contributed by atoms with E-state index in [1.807, 2.05) is 13.0 Å². The third-order valence-electron chi connectivity index (χ3n) is 9.85. The molecule has 276 valence electrons. The van der Waals surface area contributed by atoms with Gasteiger partial charge in [0.1, 0.15) is 40.7 Å². The summed E-state index contributed by atoms with van der Waals surface area (Å²) in [5.41, 5.74) is -0.903. The Morgan fingerprint density at radius 1 is 1.28 bits per heavy atom. The lowest BCUT2D eigenvalue weighted by molar-refractivity contribution is -0.161. The van der Waals surface area contributed by atoms with Crippen LogP contribution >= 0.6 is 24.2 Å². The lowest BCUT2D eigenvalue weighted by Gasteiger charge is -2.42. The number of ether oxygens (including phenoxy) is 5. The quantitative estimate of drug-likeness (QED) is 0.214. The Bertz CT molecular complexity index is 1540. The summed E-state index contributed by atoms with van der Waals surface area (Å²) in [7, 11) is 5.98. The van der Waals surface area contributed by atoms with Crippen LogP contribution < -0.4 is 15.0 Å². The fourth-order valence-electron chi connectivity index (χ4n) is 6.49. The Labute approximate surface area is 303 Å². The highest BCUT2D eigenvalue weighted by molar-refractivity contribution is 7.80. The molecule has 0 aliphatic carbocycles. The number of fused-ring (bicyclic) bond motifs is 5. The smallest absolute Gasteiger partial charge is 0.409 e. The normalized spacial score (nSPS) is 32.3. The van der Waals surface area contributed by atoms with E-state index in [1.54, 1.807) is 45.2 Å². The molecule has 3 amide bonds. The molecular formula is C35H48ClN3O10S. The number of hydrogen-bond acceptors (Lipinski definition) is 11. The molecule has 8 atom stereocenters. The number of aliphatic hydroxyl groups is 1. The van der Waals surface area contributed by atoms with Crippen LogP contribution in [-0.2, 0) is 39.8 Å². The van der Waals surface area contributed by atoms with Gasteiger partial charge in [-0.05, 0) is 50.6 Å². The number of allylic oxidation sites excluding steroid dienone is 3. The maximum atomic E-state index is 14.0. The Balaban J connectivity index is 1.78. The van der Waals surface area contributed by atoms with Crippen molar-refractivity contribution in [2.45, 2.75) is 95.2 Å². The first-order chi connectivity index (χ1) is 23.5. The van der Waals surface area contributed by atoms with E-state index >= 15 is 0 Å². The van der Waals surface area contributed by atoms with Crippen LogP contribution in [0, 0.1) is 5.92 Å². The monoisotopic (exact) mass is 737 g/mol. The zero-order valence-electron chi connectivity index (χ0n) is 29.7. The lowest BCUT2D eigenvalue weighted by atomic mass is 9.83. The van der Waals surface area contributed by atoms with Crippen LogP contribution in [0.25, 0.3) is 0 Å². The third kappa shape index (κ3) is 8.42. The maximum Gasteiger partial charge on any atom is 0.409 e. The second-order valence-corrected chi connectivity index (χ2v) is 14.2. The van der Waals surface area contributed by atoms with Crippen molar-refractivity contribution >= 4 is 53.8 Å². The number of halogens is 1. The fourth-order valence-corrected chi connectivity index (χ4v) is 6.99. The molecule has 4 rings (SSSR count). The van der Waals surface area contributed by atoms with Crippen molar-refractivity contribution in [1.82, 2.24) is 10.2 Å². The van der Waals surface area contributed by atoms with Gasteiger partial charge in [0.15, 0.2) is 5.72 Å². The molecule has 2 fully saturated rings. The molecule has 0 radical (unpaired) electrons. The van der Waals surface area contributed by atoms with Gasteiger partial charge in [0, 0.05) is 40.0 Å². The number of rotatable bonds is 7. The van der Waals surface area contributed by atoms with E-state index in [1.165, 1.54) is 38.0 Å². The van der Waals surface area contributed by atoms with Crippen molar-refractivity contribution in [1.29, 1.82) is 0 Å². The number of esters is 1. The number of thiol groups is 1. The maximum absolute atomic E-state index is 14.0. The minimum absolute atomic E-state index is 0.0489. The number of carbonyl (C=O) groups excluding carboxylic acids is 4. The van der Waals surface area contributed by atoms with Crippen LogP contribution in [0.4, 0.5) is 10.5 Å². The molecule has 15 heteroatoms. The van der Waals surface area contributed by atoms with Gasteiger partial charge in [-0.15, -0.1) is 0 Å². The highest BCUT2D eigenvalue weighted by atomic mass is 35.5. The van der Waals surface area contributed by atoms with Gasteiger partial charge < -0.3 is 38.6 Å². The standard InChI is InChI=1S/C35H48ClN3O10S/c1-19-10-9-11-26(46-8)35(44)18-25(47-33(43)37-35)20(2)31-34(4,49-31)27(48-32(42)21(3)38(5)28(40)12-13-50)17-29(41)39(6)23-15-22(14-19)16-24(45-7)30(23)36/h9-11,15-16,20-21,25-27,31,44,50H,12-14,17-18H2,1-8H3,(H,37,43)/b11-9+,19-10-/t20-,21+,25-,26-,27+,31-,34+,35+/m1/s1. The molecule has 2 N–H and O–H groups in total. The molecule has 1 aromatic rings. The summed E-state index contributed by atoms with van der Waals surface area (Å²) in [4.78, 5) is 55.6. The number of amides is 3.